The van der Waals surface area contributed by atoms with Crippen LogP contribution in [0.1, 0.15) is 75.7 Å². The number of carbonyl (C=O) groups excluding carboxylic acids is 2. The maximum atomic E-state index is 14.2. The second-order valence-corrected chi connectivity index (χ2v) is 16.6. The molecule has 11 heteroatoms. The summed E-state index contributed by atoms with van der Waals surface area (Å²) in [6.07, 6.45) is 4.22. The Bertz CT molecular complexity index is 1570. The second kappa shape index (κ2) is 16.0. The number of piperidine rings is 1. The van der Waals surface area contributed by atoms with Crippen molar-refractivity contribution < 1.29 is 29.4 Å². The molecule has 5 fully saturated rings. The van der Waals surface area contributed by atoms with E-state index >= 15 is 0 Å². The molecule has 11 nitrogen and oxygen atoms in total. The van der Waals surface area contributed by atoms with E-state index < -0.39 is 24.2 Å². The monoisotopic (exact) mass is 719 g/mol. The number of nitrogens with zero attached hydrogens (tertiary/aromatic N) is 3. The number of fused-ring (bicyclic) bond motifs is 2. The molecule has 4 N–H and O–H groups in total. The molecule has 286 valence electrons. The van der Waals surface area contributed by atoms with Gasteiger partial charge in [-0.15, -0.1) is 0 Å². The van der Waals surface area contributed by atoms with Crippen molar-refractivity contribution in [3.63, 3.8) is 0 Å². The van der Waals surface area contributed by atoms with E-state index in [0.717, 1.165) is 48.4 Å². The van der Waals surface area contributed by atoms with Crippen LogP contribution in [0.25, 0.3) is 11.1 Å². The lowest BCUT2D eigenvalue weighted by atomic mass is 9.45. The van der Waals surface area contributed by atoms with Crippen molar-refractivity contribution in [3.05, 3.63) is 47.5 Å². The molecule has 0 aromatic heterocycles. The molecule has 2 aromatic rings. The van der Waals surface area contributed by atoms with Gasteiger partial charge in [0.05, 0.1) is 26.4 Å². The van der Waals surface area contributed by atoms with Gasteiger partial charge < -0.3 is 35.4 Å². The summed E-state index contributed by atoms with van der Waals surface area (Å²) in [6, 6.07) is 10.9. The van der Waals surface area contributed by atoms with Crippen molar-refractivity contribution in [2.75, 3.05) is 58.9 Å². The number of rotatable bonds is 13. The van der Waals surface area contributed by atoms with Crippen molar-refractivity contribution in [1.29, 1.82) is 0 Å². The maximum Gasteiger partial charge on any atom is 0.251 e. The number of benzene rings is 2. The standard InChI is InChI=1S/C41H61N5O6/c1-25-33-21-30(41(33,3)4)22-34(25)43-40(50)37-36(26(2)48)35(24-47)52-46(37)23-27-12-11-13-32(38(27)51-7)28-18-29(20-31(19-28)44(5)6)39(49)42-14-17-45-15-9-8-10-16-45/h11-13,18-20,25-26,30,33-37,47-48H,8-10,14-17,21-24H2,1-7H3,(H,42,49)(H,43,50)/t25-,26-,30-,33-,34-,35-,36-,37-/m0/s1. The average Bonchev–Trinajstić information content (AvgIpc) is 3.51. The summed E-state index contributed by atoms with van der Waals surface area (Å²) in [7, 11) is 5.53. The van der Waals surface area contributed by atoms with Gasteiger partial charge in [0.15, 0.2) is 0 Å². The molecule has 0 radical (unpaired) electrons. The largest absolute Gasteiger partial charge is 0.496 e. The van der Waals surface area contributed by atoms with E-state index in [1.807, 2.05) is 55.4 Å². The number of carbonyl (C=O) groups is 2. The average molecular weight is 720 g/mol. The summed E-state index contributed by atoms with van der Waals surface area (Å²) in [5.41, 5.74) is 4.14. The fraction of sp³-hybridized carbons (Fsp3) is 0.659. The first-order chi connectivity index (χ1) is 24.8. The molecule has 2 heterocycles. The molecule has 2 aromatic carbocycles. The van der Waals surface area contributed by atoms with Crippen LogP contribution in [0.2, 0.25) is 0 Å². The van der Waals surface area contributed by atoms with Gasteiger partial charge in [0.25, 0.3) is 5.91 Å². The van der Waals surface area contributed by atoms with Gasteiger partial charge in [-0.1, -0.05) is 45.4 Å². The number of ether oxygens (including phenoxy) is 1. The van der Waals surface area contributed by atoms with E-state index in [0.29, 0.717) is 41.0 Å². The van der Waals surface area contributed by atoms with Crippen molar-refractivity contribution in [2.24, 2.45) is 29.1 Å². The molecule has 5 aliphatic rings. The molecule has 8 atom stereocenters. The van der Waals surface area contributed by atoms with Gasteiger partial charge in [0.2, 0.25) is 5.91 Å². The zero-order chi connectivity index (χ0) is 37.3. The van der Waals surface area contributed by atoms with Gasteiger partial charge in [0.1, 0.15) is 17.9 Å². The van der Waals surface area contributed by atoms with Gasteiger partial charge in [-0.05, 0) is 92.6 Å². The first-order valence-electron chi connectivity index (χ1n) is 19.4. The number of likely N-dealkylation sites (tertiary alicyclic amines) is 1. The second-order valence-electron chi connectivity index (χ2n) is 16.6. The van der Waals surface area contributed by atoms with Crippen molar-refractivity contribution in [1.82, 2.24) is 20.6 Å². The maximum absolute atomic E-state index is 14.2. The minimum absolute atomic E-state index is 0.0481. The van der Waals surface area contributed by atoms with Crippen LogP contribution in [-0.4, -0.2) is 110 Å². The number of aliphatic hydroxyl groups is 2. The van der Waals surface area contributed by atoms with E-state index in [-0.39, 0.29) is 31.0 Å². The Labute approximate surface area is 310 Å². The predicted octanol–water partition coefficient (Wildman–Crippen LogP) is 4.30. The lowest BCUT2D eigenvalue weighted by Gasteiger charge is -2.62. The van der Waals surface area contributed by atoms with Crippen LogP contribution in [0.3, 0.4) is 0 Å². The first kappa shape index (κ1) is 38.5. The van der Waals surface area contributed by atoms with Crippen molar-refractivity contribution in [2.45, 2.75) is 90.6 Å². The SMILES string of the molecule is COc1c(CN2O[C@@H](CO)[C@H]([C@H](C)O)[C@H]2C(=O)N[C@H]2C[C@@H]3C[C@@H]([C@@H]2C)C3(C)C)cccc1-c1cc(C(=O)NCCN2CCCCC2)cc(N(C)C)c1. The molecule has 3 aliphatic carbocycles. The number of anilines is 1. The Balaban J connectivity index is 1.25. The van der Waals surface area contributed by atoms with E-state index in [1.54, 1.807) is 19.1 Å². The highest BCUT2D eigenvalue weighted by atomic mass is 16.7. The van der Waals surface area contributed by atoms with Crippen molar-refractivity contribution >= 4 is 17.5 Å². The zero-order valence-electron chi connectivity index (χ0n) is 32.2. The smallest absolute Gasteiger partial charge is 0.251 e. The van der Waals surface area contributed by atoms with E-state index in [1.165, 1.54) is 25.7 Å². The summed E-state index contributed by atoms with van der Waals surface area (Å²) in [5, 5.41) is 29.4. The fourth-order valence-electron chi connectivity index (χ4n) is 9.60. The van der Waals surface area contributed by atoms with Crippen LogP contribution in [0.5, 0.6) is 5.75 Å². The number of aliphatic hydroxyl groups excluding tert-OH is 2. The molecule has 52 heavy (non-hydrogen) atoms. The van der Waals surface area contributed by atoms with Crippen LogP contribution in [-0.2, 0) is 16.2 Å². The Kier molecular flexibility index (Phi) is 11.9. The van der Waals surface area contributed by atoms with E-state index in [2.05, 4.69) is 36.3 Å². The van der Waals surface area contributed by atoms with Gasteiger partial charge in [-0.3, -0.25) is 14.4 Å². The third-order valence-corrected chi connectivity index (χ3v) is 12.9. The molecule has 0 unspecified atom stereocenters. The Morgan fingerprint density at radius 1 is 1.12 bits per heavy atom. The topological polar surface area (TPSA) is 127 Å². The molecule has 2 aliphatic heterocycles. The summed E-state index contributed by atoms with van der Waals surface area (Å²) in [6.45, 7) is 12.0. The van der Waals surface area contributed by atoms with E-state index in [9.17, 15) is 19.8 Å². The molecular formula is C41H61N5O6. The molecule has 7 rings (SSSR count). The highest BCUT2D eigenvalue weighted by Gasteiger charge is 2.57. The van der Waals surface area contributed by atoms with E-state index in [4.69, 9.17) is 9.57 Å². The van der Waals surface area contributed by atoms with Crippen LogP contribution in [0.15, 0.2) is 36.4 Å². The highest BCUT2D eigenvalue weighted by molar-refractivity contribution is 5.97. The molecule has 2 amide bonds. The number of methoxy groups -OCH3 is 1. The first-order valence-corrected chi connectivity index (χ1v) is 19.4. The Morgan fingerprint density at radius 3 is 2.50 bits per heavy atom. The summed E-state index contributed by atoms with van der Waals surface area (Å²) in [4.78, 5) is 38.4. The highest BCUT2D eigenvalue weighted by Crippen LogP contribution is 2.61. The third kappa shape index (κ3) is 7.71. The normalized spacial score (nSPS) is 29.2. The molecule has 2 saturated heterocycles. The Hall–Kier alpha value is -3.22. The number of nitrogens with one attached hydrogen (secondary N) is 2. The van der Waals surface area contributed by atoms with Gasteiger partial charge >= 0.3 is 0 Å². The lowest BCUT2D eigenvalue weighted by Crippen LogP contribution is -2.62. The van der Waals surface area contributed by atoms with Crippen LogP contribution in [0, 0.1) is 29.1 Å². The van der Waals surface area contributed by atoms with Gasteiger partial charge in [0, 0.05) is 61.5 Å². The third-order valence-electron chi connectivity index (χ3n) is 12.9. The molecular weight excluding hydrogens is 658 g/mol. The number of hydrogen-bond donors (Lipinski definition) is 4. The minimum atomic E-state index is -0.888. The van der Waals surface area contributed by atoms with Crippen molar-refractivity contribution in [3.8, 4) is 16.9 Å². The summed E-state index contributed by atoms with van der Waals surface area (Å²) < 4.78 is 6.07. The minimum Gasteiger partial charge on any atom is -0.496 e. The summed E-state index contributed by atoms with van der Waals surface area (Å²) in [5.74, 6) is 1.14. The molecule has 2 bridgehead atoms. The van der Waals surface area contributed by atoms with Gasteiger partial charge in [-0.2, -0.15) is 5.06 Å². The van der Waals surface area contributed by atoms with Crippen LogP contribution >= 0.6 is 0 Å². The fourth-order valence-corrected chi connectivity index (χ4v) is 9.60. The Morgan fingerprint density at radius 2 is 1.87 bits per heavy atom. The van der Waals surface area contributed by atoms with Gasteiger partial charge in [-0.25, -0.2) is 0 Å². The number of hydrogen-bond acceptors (Lipinski definition) is 9. The number of amides is 2. The lowest BCUT2D eigenvalue weighted by molar-refractivity contribution is -0.183. The zero-order valence-corrected chi connectivity index (χ0v) is 32.2. The predicted molar refractivity (Wildman–Crippen MR) is 203 cm³/mol. The quantitative estimate of drug-likeness (QED) is 0.240. The number of hydroxylamine groups is 2. The van der Waals surface area contributed by atoms with Crippen LogP contribution in [0.4, 0.5) is 5.69 Å². The molecule has 3 saturated carbocycles. The van der Waals surface area contributed by atoms with Crippen LogP contribution < -0.4 is 20.3 Å². The molecule has 0 spiro atoms. The number of para-hydroxylation sites is 1. The summed E-state index contributed by atoms with van der Waals surface area (Å²) >= 11 is 0.